The van der Waals surface area contributed by atoms with Crippen LogP contribution in [0.5, 0.6) is 0 Å². The predicted molar refractivity (Wildman–Crippen MR) is 57.4 cm³/mol. The molecule has 0 saturated carbocycles. The number of anilines is 1. The van der Waals surface area contributed by atoms with E-state index in [0.29, 0.717) is 0 Å². The van der Waals surface area contributed by atoms with Crippen molar-refractivity contribution in [1.82, 2.24) is 15.0 Å². The number of aromatic nitrogens is 3. The Hall–Kier alpha value is -1.49. The predicted octanol–water partition coefficient (Wildman–Crippen LogP) is 1.88. The minimum absolute atomic E-state index is 0.267. The molecule has 0 amide bonds. The van der Waals surface area contributed by atoms with Gasteiger partial charge in [-0.1, -0.05) is 15.9 Å². The molecule has 0 bridgehead atoms. The van der Waals surface area contributed by atoms with Crippen LogP contribution in [0.3, 0.4) is 0 Å². The zero-order valence-electron chi connectivity index (χ0n) is 7.18. The van der Waals surface area contributed by atoms with Crippen LogP contribution in [0.1, 0.15) is 0 Å². The van der Waals surface area contributed by atoms with Crippen LogP contribution in [-0.2, 0) is 0 Å². The lowest BCUT2D eigenvalue weighted by Crippen LogP contribution is -1.94. The molecule has 2 aromatic heterocycles. The average Bonchev–Trinajstić information content (AvgIpc) is 2.19. The van der Waals surface area contributed by atoms with Gasteiger partial charge < -0.3 is 5.73 Å². The third kappa shape index (κ3) is 1.88. The molecule has 2 rings (SSSR count). The lowest BCUT2D eigenvalue weighted by atomic mass is 10.2. The molecule has 2 aromatic rings. The van der Waals surface area contributed by atoms with Crippen molar-refractivity contribution in [2.75, 3.05) is 5.73 Å². The first-order chi connectivity index (χ1) is 6.75. The number of pyridine rings is 1. The Morgan fingerprint density at radius 3 is 2.50 bits per heavy atom. The Labute approximate surface area is 89.4 Å². The summed E-state index contributed by atoms with van der Waals surface area (Å²) in [5, 5.41) is 0. The van der Waals surface area contributed by atoms with Gasteiger partial charge >= 0.3 is 0 Å². The van der Waals surface area contributed by atoms with E-state index >= 15 is 0 Å². The van der Waals surface area contributed by atoms with E-state index in [0.717, 1.165) is 15.7 Å². The zero-order chi connectivity index (χ0) is 9.97. The number of nitrogen functional groups attached to an aromatic ring is 1. The van der Waals surface area contributed by atoms with Crippen molar-refractivity contribution in [3.05, 3.63) is 35.2 Å². The van der Waals surface area contributed by atoms with Gasteiger partial charge in [0.2, 0.25) is 5.95 Å². The maximum absolute atomic E-state index is 5.38. The zero-order valence-corrected chi connectivity index (χ0v) is 8.77. The first-order valence-electron chi connectivity index (χ1n) is 3.95. The van der Waals surface area contributed by atoms with Gasteiger partial charge in [-0.2, -0.15) is 0 Å². The molecule has 5 heteroatoms. The van der Waals surface area contributed by atoms with Gasteiger partial charge in [-0.05, 0) is 12.1 Å². The van der Waals surface area contributed by atoms with Gasteiger partial charge in [0, 0.05) is 28.6 Å². The van der Waals surface area contributed by atoms with Gasteiger partial charge in [0.05, 0.1) is 5.69 Å². The minimum Gasteiger partial charge on any atom is -0.368 e. The molecule has 70 valence electrons. The van der Waals surface area contributed by atoms with E-state index in [4.69, 9.17) is 5.73 Å². The molecule has 0 aliphatic carbocycles. The van der Waals surface area contributed by atoms with E-state index in [1.165, 1.54) is 0 Å². The minimum atomic E-state index is 0.267. The molecule has 0 aliphatic rings. The number of nitrogens with two attached hydrogens (primary N) is 1. The maximum Gasteiger partial charge on any atom is 0.219 e. The highest BCUT2D eigenvalue weighted by Gasteiger charge is 2.00. The van der Waals surface area contributed by atoms with Gasteiger partial charge in [-0.15, -0.1) is 0 Å². The molecule has 2 N–H and O–H groups in total. The third-order valence-electron chi connectivity index (χ3n) is 1.69. The van der Waals surface area contributed by atoms with Crippen LogP contribution in [0.2, 0.25) is 0 Å². The second-order valence-electron chi connectivity index (χ2n) is 2.69. The van der Waals surface area contributed by atoms with Gasteiger partial charge in [0.1, 0.15) is 0 Å². The number of halogens is 1. The fraction of sp³-hybridized carbons (Fsp3) is 0. The lowest BCUT2D eigenvalue weighted by molar-refractivity contribution is 1.17. The molecule has 4 nitrogen and oxygen atoms in total. The molecule has 0 saturated heterocycles. The summed E-state index contributed by atoms with van der Waals surface area (Å²) in [5.74, 6) is 0.267. The first kappa shape index (κ1) is 9.08. The van der Waals surface area contributed by atoms with Gasteiger partial charge in [0.15, 0.2) is 0 Å². The summed E-state index contributed by atoms with van der Waals surface area (Å²) in [6.07, 6.45) is 5.02. The highest BCUT2D eigenvalue weighted by Crippen LogP contribution is 2.18. The summed E-state index contributed by atoms with van der Waals surface area (Å²) in [7, 11) is 0. The van der Waals surface area contributed by atoms with Crippen molar-refractivity contribution < 1.29 is 0 Å². The van der Waals surface area contributed by atoms with E-state index in [1.807, 2.05) is 12.1 Å². The first-order valence-corrected chi connectivity index (χ1v) is 4.74. The van der Waals surface area contributed by atoms with E-state index in [1.54, 1.807) is 18.6 Å². The van der Waals surface area contributed by atoms with Crippen LogP contribution in [0.4, 0.5) is 5.95 Å². The fourth-order valence-corrected chi connectivity index (χ4v) is 1.37. The number of rotatable bonds is 1. The summed E-state index contributed by atoms with van der Waals surface area (Å²) in [4.78, 5) is 12.0. The molecule has 0 atom stereocenters. The van der Waals surface area contributed by atoms with Crippen LogP contribution in [0.25, 0.3) is 11.3 Å². The van der Waals surface area contributed by atoms with E-state index in [9.17, 15) is 0 Å². The van der Waals surface area contributed by atoms with Crippen LogP contribution in [0.15, 0.2) is 35.2 Å². The number of hydrogen-bond acceptors (Lipinski definition) is 4. The molecule has 0 fully saturated rings. The van der Waals surface area contributed by atoms with E-state index in [-0.39, 0.29) is 5.95 Å². The lowest BCUT2D eigenvalue weighted by Gasteiger charge is -1.99. The third-order valence-corrected chi connectivity index (χ3v) is 2.18. The van der Waals surface area contributed by atoms with Crippen LogP contribution < -0.4 is 5.73 Å². The summed E-state index contributed by atoms with van der Waals surface area (Å²) in [6.45, 7) is 0. The molecule has 0 radical (unpaired) electrons. The highest BCUT2D eigenvalue weighted by molar-refractivity contribution is 9.10. The molecular weight excluding hydrogens is 244 g/mol. The molecule has 0 aliphatic heterocycles. The van der Waals surface area contributed by atoms with Crippen molar-refractivity contribution in [1.29, 1.82) is 0 Å². The Balaban J connectivity index is 2.44. The summed E-state index contributed by atoms with van der Waals surface area (Å²) >= 11 is 3.37. The van der Waals surface area contributed by atoms with Crippen molar-refractivity contribution in [3.63, 3.8) is 0 Å². The van der Waals surface area contributed by atoms with Gasteiger partial charge in [-0.3, -0.25) is 4.98 Å². The standard InChI is InChI=1S/C9H7BrN4/c10-7-1-2-12-8(3-7)6-4-13-9(11)14-5-6/h1-5H,(H2,11,13,14). The Morgan fingerprint density at radius 2 is 1.86 bits per heavy atom. The van der Waals surface area contributed by atoms with Gasteiger partial charge in [-0.25, -0.2) is 9.97 Å². The largest absolute Gasteiger partial charge is 0.368 e. The molecule has 0 spiro atoms. The Bertz CT molecular complexity index is 441. The highest BCUT2D eigenvalue weighted by atomic mass is 79.9. The Kier molecular flexibility index (Phi) is 2.41. The second-order valence-corrected chi connectivity index (χ2v) is 3.60. The summed E-state index contributed by atoms with van der Waals surface area (Å²) < 4.78 is 0.972. The topological polar surface area (TPSA) is 64.7 Å². The van der Waals surface area contributed by atoms with Crippen LogP contribution in [0, 0.1) is 0 Å². The summed E-state index contributed by atoms with van der Waals surface area (Å²) in [5.41, 5.74) is 7.05. The molecule has 0 unspecified atom stereocenters. The number of nitrogens with zero attached hydrogens (tertiary/aromatic N) is 3. The van der Waals surface area contributed by atoms with Crippen molar-refractivity contribution >= 4 is 21.9 Å². The number of hydrogen-bond donors (Lipinski definition) is 1. The van der Waals surface area contributed by atoms with Crippen molar-refractivity contribution in [3.8, 4) is 11.3 Å². The smallest absolute Gasteiger partial charge is 0.219 e. The van der Waals surface area contributed by atoms with E-state index < -0.39 is 0 Å². The molecule has 0 aromatic carbocycles. The van der Waals surface area contributed by atoms with Gasteiger partial charge in [0.25, 0.3) is 0 Å². The van der Waals surface area contributed by atoms with Crippen LogP contribution in [-0.4, -0.2) is 15.0 Å². The second kappa shape index (κ2) is 3.71. The normalized spacial score (nSPS) is 10.1. The SMILES string of the molecule is Nc1ncc(-c2cc(Br)ccn2)cn1. The summed E-state index contributed by atoms with van der Waals surface area (Å²) in [6, 6.07) is 3.76. The van der Waals surface area contributed by atoms with E-state index in [2.05, 4.69) is 30.9 Å². The molecular formula is C9H7BrN4. The Morgan fingerprint density at radius 1 is 1.14 bits per heavy atom. The van der Waals surface area contributed by atoms with Crippen molar-refractivity contribution in [2.24, 2.45) is 0 Å². The monoisotopic (exact) mass is 250 g/mol. The maximum atomic E-state index is 5.38. The van der Waals surface area contributed by atoms with Crippen molar-refractivity contribution in [2.45, 2.75) is 0 Å². The molecule has 2 heterocycles. The average molecular weight is 251 g/mol. The van der Waals surface area contributed by atoms with Crippen LogP contribution >= 0.6 is 15.9 Å². The quantitative estimate of drug-likeness (QED) is 0.840. The molecule has 14 heavy (non-hydrogen) atoms. The fourth-order valence-electron chi connectivity index (χ4n) is 1.03.